The Hall–Kier alpha value is -0.753. The van der Waals surface area contributed by atoms with Crippen LogP contribution in [-0.4, -0.2) is 25.5 Å². The van der Waals surface area contributed by atoms with Crippen LogP contribution in [0.25, 0.3) is 0 Å². The van der Waals surface area contributed by atoms with Crippen LogP contribution >= 0.6 is 0 Å². The molecule has 78 valence electrons. The summed E-state index contributed by atoms with van der Waals surface area (Å²) in [6.07, 6.45) is 0.408. The molecule has 0 fully saturated rings. The third kappa shape index (κ3) is 3.55. The van der Waals surface area contributed by atoms with Gasteiger partial charge in [0.25, 0.3) is 0 Å². The Balaban J connectivity index is 2.54. The number of benzene rings is 1. The number of rotatable bonds is 4. The molecular formula is C9H13FO3Si. The molecule has 0 bridgehead atoms. The van der Waals surface area contributed by atoms with E-state index in [1.165, 1.54) is 19.2 Å². The zero-order valence-electron chi connectivity index (χ0n) is 7.90. The van der Waals surface area contributed by atoms with E-state index in [0.29, 0.717) is 6.42 Å². The minimum atomic E-state index is -3.50. The van der Waals surface area contributed by atoms with Crippen molar-refractivity contribution in [1.82, 2.24) is 0 Å². The summed E-state index contributed by atoms with van der Waals surface area (Å²) < 4.78 is 17.3. The molecule has 0 aliphatic rings. The molecule has 0 spiro atoms. The van der Waals surface area contributed by atoms with Crippen molar-refractivity contribution in [3.63, 3.8) is 0 Å². The Morgan fingerprint density at radius 2 is 2.14 bits per heavy atom. The summed E-state index contributed by atoms with van der Waals surface area (Å²) in [4.78, 5) is 18.5. The molecule has 0 atom stereocenters. The second-order valence-corrected chi connectivity index (χ2v) is 5.47. The summed E-state index contributed by atoms with van der Waals surface area (Å²) in [7, 11) is -2.24. The molecule has 0 saturated heterocycles. The van der Waals surface area contributed by atoms with Gasteiger partial charge in [-0.1, -0.05) is 12.1 Å². The van der Waals surface area contributed by atoms with E-state index in [0.717, 1.165) is 5.56 Å². The number of halogens is 1. The Morgan fingerprint density at radius 3 is 2.71 bits per heavy atom. The van der Waals surface area contributed by atoms with E-state index in [1.54, 1.807) is 12.1 Å². The van der Waals surface area contributed by atoms with Crippen molar-refractivity contribution in [3.8, 4) is 0 Å². The van der Waals surface area contributed by atoms with Crippen LogP contribution in [0.2, 0.25) is 6.04 Å². The highest BCUT2D eigenvalue weighted by Gasteiger charge is 2.29. The average molecular weight is 216 g/mol. The summed E-state index contributed by atoms with van der Waals surface area (Å²) in [6, 6.07) is 6.20. The summed E-state index contributed by atoms with van der Waals surface area (Å²) in [6.45, 7) is 0. The maximum Gasteiger partial charge on any atom is 0.495 e. The van der Waals surface area contributed by atoms with E-state index in [-0.39, 0.29) is 11.9 Å². The molecule has 0 saturated carbocycles. The first kappa shape index (κ1) is 11.3. The Labute approximate surface area is 83.1 Å². The van der Waals surface area contributed by atoms with Gasteiger partial charge in [0.2, 0.25) is 0 Å². The predicted molar refractivity (Wildman–Crippen MR) is 52.1 cm³/mol. The van der Waals surface area contributed by atoms with E-state index in [2.05, 4.69) is 4.43 Å². The Bertz CT molecular complexity index is 304. The average Bonchev–Trinajstić information content (AvgIpc) is 2.15. The van der Waals surface area contributed by atoms with Crippen molar-refractivity contribution in [2.45, 2.75) is 12.5 Å². The predicted octanol–water partition coefficient (Wildman–Crippen LogP) is 0.938. The molecule has 2 N–H and O–H groups in total. The van der Waals surface area contributed by atoms with Crippen LogP contribution in [0.4, 0.5) is 4.39 Å². The normalized spacial score (nSPS) is 11.7. The fourth-order valence-electron chi connectivity index (χ4n) is 1.10. The standard InChI is InChI=1S/C9H13FO3Si/c1-13-14(11,12)6-5-8-3-2-4-9(10)7-8/h2-4,7,11-12H,5-6H2,1H3. The lowest BCUT2D eigenvalue weighted by Crippen LogP contribution is -2.37. The van der Waals surface area contributed by atoms with Gasteiger partial charge in [0.15, 0.2) is 0 Å². The zero-order valence-corrected chi connectivity index (χ0v) is 8.90. The van der Waals surface area contributed by atoms with Crippen molar-refractivity contribution >= 4 is 8.80 Å². The molecule has 0 heterocycles. The fraction of sp³-hybridized carbons (Fsp3) is 0.333. The molecule has 0 aliphatic heterocycles. The first-order valence-electron chi connectivity index (χ1n) is 4.28. The SMILES string of the molecule is CO[Si](O)(O)CCc1cccc(F)c1. The van der Waals surface area contributed by atoms with E-state index in [1.807, 2.05) is 0 Å². The molecule has 1 rings (SSSR count). The number of aryl methyl sites for hydroxylation is 1. The Kier molecular flexibility index (Phi) is 3.76. The van der Waals surface area contributed by atoms with Crippen LogP contribution in [0, 0.1) is 5.82 Å². The van der Waals surface area contributed by atoms with Gasteiger partial charge in [-0.3, -0.25) is 0 Å². The summed E-state index contributed by atoms with van der Waals surface area (Å²) in [5.41, 5.74) is 0.738. The lowest BCUT2D eigenvalue weighted by atomic mass is 10.2. The topological polar surface area (TPSA) is 49.7 Å². The van der Waals surface area contributed by atoms with Gasteiger partial charge in [-0.15, -0.1) is 0 Å². The summed E-state index contributed by atoms with van der Waals surface area (Å²) in [5.74, 6) is -0.317. The van der Waals surface area contributed by atoms with Crippen LogP contribution in [-0.2, 0) is 10.8 Å². The number of hydrogen-bond acceptors (Lipinski definition) is 3. The summed E-state index contributed by atoms with van der Waals surface area (Å²) >= 11 is 0. The fourth-order valence-corrected chi connectivity index (χ4v) is 1.92. The number of hydrogen-bond donors (Lipinski definition) is 2. The second kappa shape index (κ2) is 4.65. The summed E-state index contributed by atoms with van der Waals surface area (Å²) in [5, 5.41) is 0. The van der Waals surface area contributed by atoms with Crippen molar-refractivity contribution in [1.29, 1.82) is 0 Å². The lowest BCUT2D eigenvalue weighted by Gasteiger charge is -2.14. The van der Waals surface area contributed by atoms with Crippen molar-refractivity contribution in [2.24, 2.45) is 0 Å². The van der Waals surface area contributed by atoms with Gasteiger partial charge in [0, 0.05) is 13.2 Å². The molecule has 0 aromatic heterocycles. The third-order valence-electron chi connectivity index (χ3n) is 1.96. The van der Waals surface area contributed by atoms with Crippen LogP contribution in [0.5, 0.6) is 0 Å². The maximum atomic E-state index is 12.7. The van der Waals surface area contributed by atoms with Gasteiger partial charge >= 0.3 is 8.80 Å². The van der Waals surface area contributed by atoms with Gasteiger partial charge in [-0.05, 0) is 24.1 Å². The molecule has 0 amide bonds. The van der Waals surface area contributed by atoms with Crippen molar-refractivity contribution in [3.05, 3.63) is 35.6 Å². The first-order chi connectivity index (χ1) is 6.53. The minimum Gasteiger partial charge on any atom is -0.390 e. The van der Waals surface area contributed by atoms with Gasteiger partial charge in [-0.25, -0.2) is 4.39 Å². The highest BCUT2D eigenvalue weighted by molar-refractivity contribution is 6.57. The largest absolute Gasteiger partial charge is 0.495 e. The van der Waals surface area contributed by atoms with Crippen LogP contribution in [0.3, 0.4) is 0 Å². The first-order valence-corrected chi connectivity index (χ1v) is 6.29. The molecule has 1 aromatic carbocycles. The molecular weight excluding hydrogens is 203 g/mol. The molecule has 0 unspecified atom stereocenters. The van der Waals surface area contributed by atoms with Gasteiger partial charge in [-0.2, -0.15) is 0 Å². The van der Waals surface area contributed by atoms with Crippen molar-refractivity contribution in [2.75, 3.05) is 7.11 Å². The minimum absolute atomic E-state index is 0.146. The van der Waals surface area contributed by atoms with E-state index < -0.39 is 8.80 Å². The highest BCUT2D eigenvalue weighted by atomic mass is 28.4. The monoisotopic (exact) mass is 216 g/mol. The smallest absolute Gasteiger partial charge is 0.390 e. The van der Waals surface area contributed by atoms with Gasteiger partial charge in [0.05, 0.1) is 0 Å². The molecule has 0 aliphatic carbocycles. The van der Waals surface area contributed by atoms with Crippen LogP contribution in [0.1, 0.15) is 5.56 Å². The molecule has 5 heteroatoms. The van der Waals surface area contributed by atoms with E-state index >= 15 is 0 Å². The highest BCUT2D eigenvalue weighted by Crippen LogP contribution is 2.11. The van der Waals surface area contributed by atoms with Crippen LogP contribution < -0.4 is 0 Å². The van der Waals surface area contributed by atoms with Gasteiger partial charge < -0.3 is 14.0 Å². The van der Waals surface area contributed by atoms with E-state index in [9.17, 15) is 14.0 Å². The quantitative estimate of drug-likeness (QED) is 0.736. The second-order valence-electron chi connectivity index (χ2n) is 3.08. The third-order valence-corrected chi connectivity index (χ3v) is 3.51. The van der Waals surface area contributed by atoms with Crippen molar-refractivity contribution < 1.29 is 18.4 Å². The maximum absolute atomic E-state index is 12.7. The van der Waals surface area contributed by atoms with Gasteiger partial charge in [0.1, 0.15) is 5.82 Å². The molecule has 14 heavy (non-hydrogen) atoms. The van der Waals surface area contributed by atoms with Crippen LogP contribution in [0.15, 0.2) is 24.3 Å². The molecule has 0 radical (unpaired) electrons. The lowest BCUT2D eigenvalue weighted by molar-refractivity contribution is 0.185. The molecule has 3 nitrogen and oxygen atoms in total. The molecule has 1 aromatic rings. The Morgan fingerprint density at radius 1 is 1.43 bits per heavy atom. The van der Waals surface area contributed by atoms with E-state index in [4.69, 9.17) is 0 Å². The zero-order chi connectivity index (χ0) is 10.6.